The molecule has 0 radical (unpaired) electrons. The molecule has 39 heavy (non-hydrogen) atoms. The van der Waals surface area contributed by atoms with E-state index in [1.54, 1.807) is 38.6 Å². The fraction of sp³-hybridized carbons (Fsp3) is 0.379. The predicted octanol–water partition coefficient (Wildman–Crippen LogP) is 2.79. The Balaban J connectivity index is 1.71. The van der Waals surface area contributed by atoms with Gasteiger partial charge in [-0.15, -0.1) is 0 Å². The zero-order valence-electron chi connectivity index (χ0n) is 22.6. The van der Waals surface area contributed by atoms with Crippen molar-refractivity contribution in [2.45, 2.75) is 37.4 Å². The van der Waals surface area contributed by atoms with Crippen LogP contribution in [0.5, 0.6) is 11.5 Å². The minimum absolute atomic E-state index is 0.0571. The van der Waals surface area contributed by atoms with Gasteiger partial charge in [0.1, 0.15) is 28.8 Å². The average Bonchev–Trinajstić information content (AvgIpc) is 2.94. The number of fused-ring (bicyclic) bond motifs is 1. The first-order valence-electron chi connectivity index (χ1n) is 12.7. The second-order valence-corrected chi connectivity index (χ2v) is 11.7. The summed E-state index contributed by atoms with van der Waals surface area (Å²) in [7, 11) is -0.367. The molecule has 0 spiro atoms. The van der Waals surface area contributed by atoms with Gasteiger partial charge in [0.05, 0.1) is 19.3 Å². The SMILES string of the molecule is COc1ccccc1C#Cc1ccc2c(c1)O[C@@H](CN(C)Cc1cncnc1)[C@H](C)CN([C@@H](C)CO)S2(=O)=O. The number of rotatable bonds is 7. The van der Waals surface area contributed by atoms with E-state index in [4.69, 9.17) is 9.47 Å². The van der Waals surface area contributed by atoms with Crippen molar-refractivity contribution in [2.24, 2.45) is 5.92 Å². The van der Waals surface area contributed by atoms with Crippen LogP contribution >= 0.6 is 0 Å². The number of ether oxygens (including phenoxy) is 2. The summed E-state index contributed by atoms with van der Waals surface area (Å²) in [5.41, 5.74) is 2.30. The van der Waals surface area contributed by atoms with E-state index in [1.165, 1.54) is 16.7 Å². The van der Waals surface area contributed by atoms with Gasteiger partial charge in [0.2, 0.25) is 10.0 Å². The van der Waals surface area contributed by atoms with Crippen molar-refractivity contribution >= 4 is 10.0 Å². The number of benzene rings is 2. The third kappa shape index (κ3) is 6.75. The second kappa shape index (κ2) is 12.6. The molecule has 2 heterocycles. The van der Waals surface area contributed by atoms with Crippen molar-refractivity contribution < 1.29 is 23.0 Å². The minimum atomic E-state index is -3.93. The van der Waals surface area contributed by atoms with E-state index in [0.29, 0.717) is 24.4 Å². The number of aromatic nitrogens is 2. The number of methoxy groups -OCH3 is 1. The molecule has 1 aliphatic rings. The lowest BCUT2D eigenvalue weighted by Gasteiger charge is -2.37. The Labute approximate surface area is 230 Å². The number of aliphatic hydroxyl groups is 1. The lowest BCUT2D eigenvalue weighted by Crippen LogP contribution is -2.49. The monoisotopic (exact) mass is 550 g/mol. The molecule has 0 saturated carbocycles. The summed E-state index contributed by atoms with van der Waals surface area (Å²) >= 11 is 0. The summed E-state index contributed by atoms with van der Waals surface area (Å²) in [6, 6.07) is 11.7. The van der Waals surface area contributed by atoms with Gasteiger partial charge < -0.3 is 14.6 Å². The Morgan fingerprint density at radius 2 is 1.95 bits per heavy atom. The number of nitrogens with zero attached hydrogens (tertiary/aromatic N) is 4. The quantitative estimate of drug-likeness (QED) is 0.448. The van der Waals surface area contributed by atoms with Gasteiger partial charge in [-0.25, -0.2) is 18.4 Å². The first-order chi connectivity index (χ1) is 18.7. The maximum Gasteiger partial charge on any atom is 0.247 e. The van der Waals surface area contributed by atoms with Crippen LogP contribution in [0.4, 0.5) is 0 Å². The molecular formula is C29H34N4O5S. The fourth-order valence-corrected chi connectivity index (χ4v) is 6.33. The smallest absolute Gasteiger partial charge is 0.247 e. The Hall–Kier alpha value is -3.49. The van der Waals surface area contributed by atoms with Gasteiger partial charge in [-0.2, -0.15) is 4.31 Å². The van der Waals surface area contributed by atoms with E-state index in [2.05, 4.69) is 26.7 Å². The van der Waals surface area contributed by atoms with Gasteiger partial charge in [-0.3, -0.25) is 4.90 Å². The van der Waals surface area contributed by atoms with Gasteiger partial charge in [0.25, 0.3) is 0 Å². The molecule has 1 aromatic heterocycles. The highest BCUT2D eigenvalue weighted by atomic mass is 32.2. The van der Waals surface area contributed by atoms with Crippen LogP contribution in [0.2, 0.25) is 0 Å². The molecule has 3 aromatic rings. The van der Waals surface area contributed by atoms with E-state index in [-0.39, 0.29) is 35.8 Å². The zero-order valence-corrected chi connectivity index (χ0v) is 23.4. The van der Waals surface area contributed by atoms with Crippen molar-refractivity contribution in [3.63, 3.8) is 0 Å². The molecule has 2 aromatic carbocycles. The highest BCUT2D eigenvalue weighted by molar-refractivity contribution is 7.89. The summed E-state index contributed by atoms with van der Waals surface area (Å²) < 4.78 is 40.7. The molecule has 0 fully saturated rings. The standard InChI is InChI=1S/C29H34N4O5S/c1-21-16-33(22(2)19-34)39(35,36)29-12-10-23(9-11-25-7-5-6-8-26(25)37-4)13-27(29)38-28(21)18-32(3)17-24-14-30-20-31-15-24/h5-8,10,12-15,20-22,28,34H,16-19H2,1-4H3/t21-,22+,28+/m1/s1. The molecule has 0 aliphatic carbocycles. The van der Waals surface area contributed by atoms with Gasteiger partial charge in [-0.1, -0.05) is 30.9 Å². The van der Waals surface area contributed by atoms with Crippen LogP contribution in [0, 0.1) is 17.8 Å². The van der Waals surface area contributed by atoms with Crippen molar-refractivity contribution in [1.29, 1.82) is 0 Å². The molecule has 0 saturated heterocycles. The molecule has 9 nitrogen and oxygen atoms in total. The lowest BCUT2D eigenvalue weighted by molar-refractivity contribution is 0.0733. The number of hydrogen-bond acceptors (Lipinski definition) is 8. The van der Waals surface area contributed by atoms with Gasteiger partial charge >= 0.3 is 0 Å². The largest absolute Gasteiger partial charge is 0.495 e. The zero-order chi connectivity index (χ0) is 28.0. The van der Waals surface area contributed by atoms with E-state index in [9.17, 15) is 13.5 Å². The number of hydrogen-bond donors (Lipinski definition) is 1. The third-order valence-electron chi connectivity index (χ3n) is 6.67. The molecule has 0 unspecified atom stereocenters. The number of sulfonamides is 1. The Morgan fingerprint density at radius 1 is 1.21 bits per heavy atom. The van der Waals surface area contributed by atoms with Crippen molar-refractivity contribution in [1.82, 2.24) is 19.2 Å². The summed E-state index contributed by atoms with van der Waals surface area (Å²) in [5.74, 6) is 6.95. The molecule has 0 bridgehead atoms. The summed E-state index contributed by atoms with van der Waals surface area (Å²) in [4.78, 5) is 10.3. The van der Waals surface area contributed by atoms with Crippen LogP contribution in [-0.4, -0.2) is 78.7 Å². The van der Waals surface area contributed by atoms with E-state index in [1.807, 2.05) is 38.2 Å². The molecule has 3 atom stereocenters. The third-order valence-corrected chi connectivity index (χ3v) is 8.69. The molecule has 10 heteroatoms. The van der Waals surface area contributed by atoms with Crippen LogP contribution in [0.3, 0.4) is 0 Å². The number of aliphatic hydroxyl groups excluding tert-OH is 1. The highest BCUT2D eigenvalue weighted by Crippen LogP contribution is 2.34. The molecular weight excluding hydrogens is 516 g/mol. The fourth-order valence-electron chi connectivity index (χ4n) is 4.50. The number of likely N-dealkylation sites (N-methyl/N-ethyl adjacent to an activating group) is 1. The van der Waals surface area contributed by atoms with Gasteiger partial charge in [-0.05, 0) is 44.3 Å². The Morgan fingerprint density at radius 3 is 2.67 bits per heavy atom. The van der Waals surface area contributed by atoms with Crippen LogP contribution in [0.15, 0.2) is 66.1 Å². The lowest BCUT2D eigenvalue weighted by atomic mass is 10.0. The van der Waals surface area contributed by atoms with Crippen molar-refractivity contribution in [2.75, 3.05) is 33.9 Å². The topological polar surface area (TPSA) is 105 Å². The first kappa shape index (κ1) is 28.5. The highest BCUT2D eigenvalue weighted by Gasteiger charge is 2.38. The molecule has 1 aliphatic heterocycles. The molecule has 4 rings (SSSR count). The van der Waals surface area contributed by atoms with Crippen LogP contribution in [0.25, 0.3) is 0 Å². The molecule has 1 N–H and O–H groups in total. The van der Waals surface area contributed by atoms with Crippen LogP contribution in [-0.2, 0) is 16.6 Å². The van der Waals surface area contributed by atoms with Crippen LogP contribution < -0.4 is 9.47 Å². The first-order valence-corrected chi connectivity index (χ1v) is 14.2. The average molecular weight is 551 g/mol. The Bertz CT molecular complexity index is 1440. The van der Waals surface area contributed by atoms with Crippen molar-refractivity contribution in [3.8, 4) is 23.3 Å². The minimum Gasteiger partial charge on any atom is -0.495 e. The summed E-state index contributed by atoms with van der Waals surface area (Å²) in [6.45, 7) is 4.74. The Kier molecular flexibility index (Phi) is 9.20. The second-order valence-electron chi connectivity index (χ2n) is 9.80. The molecule has 206 valence electrons. The van der Waals surface area contributed by atoms with E-state index in [0.717, 1.165) is 11.1 Å². The van der Waals surface area contributed by atoms with Crippen molar-refractivity contribution in [3.05, 3.63) is 77.9 Å². The summed E-state index contributed by atoms with van der Waals surface area (Å²) in [5, 5.41) is 9.87. The number of para-hydroxylation sites is 1. The maximum atomic E-state index is 13.7. The normalized spacial score (nSPS) is 19.5. The van der Waals surface area contributed by atoms with Gasteiger partial charge in [0, 0.05) is 55.1 Å². The maximum absolute atomic E-state index is 13.7. The van der Waals surface area contributed by atoms with E-state index >= 15 is 0 Å². The predicted molar refractivity (Wildman–Crippen MR) is 148 cm³/mol. The van der Waals surface area contributed by atoms with E-state index < -0.39 is 16.1 Å². The van der Waals surface area contributed by atoms with Gasteiger partial charge in [0.15, 0.2) is 0 Å². The summed E-state index contributed by atoms with van der Waals surface area (Å²) in [6.07, 6.45) is 4.70. The van der Waals surface area contributed by atoms with Crippen LogP contribution in [0.1, 0.15) is 30.5 Å². The molecule has 0 amide bonds.